The molecule has 0 radical (unpaired) electrons. The van der Waals surface area contributed by atoms with E-state index in [9.17, 15) is 0 Å². The first-order chi connectivity index (χ1) is 9.49. The Morgan fingerprint density at radius 1 is 1.35 bits per heavy atom. The minimum Gasteiger partial charge on any atom is -0.369 e. The zero-order valence-corrected chi connectivity index (χ0v) is 14.6. The highest BCUT2D eigenvalue weighted by Gasteiger charge is 2.08. The molecular weight excluding hydrogens is 363 g/mol. The van der Waals surface area contributed by atoms with Gasteiger partial charge < -0.3 is 15.2 Å². The minimum absolute atomic E-state index is 0.608. The summed E-state index contributed by atoms with van der Waals surface area (Å²) in [6.45, 7) is 6.52. The Kier molecular flexibility index (Phi) is 5.26. The maximum atomic E-state index is 6.03. The number of nitrogen functional groups attached to an aromatic ring is 1. The van der Waals surface area contributed by atoms with Crippen LogP contribution in [0.1, 0.15) is 26.7 Å². The molecule has 110 valence electrons. The molecular formula is C15H23IN4. The molecule has 0 aliphatic rings. The molecule has 0 aliphatic carbocycles. The number of aryl methyl sites for hydroxylation is 1. The number of fused-ring (bicyclic) bond motifs is 1. The van der Waals surface area contributed by atoms with Crippen molar-refractivity contribution in [3.8, 4) is 0 Å². The van der Waals surface area contributed by atoms with Crippen LogP contribution in [0.2, 0.25) is 0 Å². The third kappa shape index (κ3) is 3.63. The second-order valence-electron chi connectivity index (χ2n) is 5.54. The summed E-state index contributed by atoms with van der Waals surface area (Å²) in [5, 5.41) is 0. The van der Waals surface area contributed by atoms with Crippen LogP contribution in [0.4, 0.5) is 5.95 Å². The van der Waals surface area contributed by atoms with Crippen molar-refractivity contribution < 1.29 is 0 Å². The van der Waals surface area contributed by atoms with Crippen LogP contribution >= 0.6 is 22.6 Å². The zero-order chi connectivity index (χ0) is 14.7. The molecule has 1 heterocycles. The summed E-state index contributed by atoms with van der Waals surface area (Å²) in [5.74, 6) is 0.624. The molecule has 0 saturated heterocycles. The molecule has 1 aromatic heterocycles. The first-order valence-electron chi connectivity index (χ1n) is 7.10. The van der Waals surface area contributed by atoms with Crippen LogP contribution in [0.25, 0.3) is 11.0 Å². The van der Waals surface area contributed by atoms with E-state index in [2.05, 4.69) is 76.1 Å². The van der Waals surface area contributed by atoms with Crippen molar-refractivity contribution in [3.05, 3.63) is 21.8 Å². The SMILES string of the molecule is CC(C)N(C)CCCCn1c(N)nc2cc(I)ccc21. The lowest BCUT2D eigenvalue weighted by molar-refractivity contribution is 0.266. The maximum absolute atomic E-state index is 6.03. The topological polar surface area (TPSA) is 47.1 Å². The molecule has 2 aromatic rings. The number of benzene rings is 1. The van der Waals surface area contributed by atoms with Crippen molar-refractivity contribution in [3.63, 3.8) is 0 Å². The van der Waals surface area contributed by atoms with Crippen molar-refractivity contribution in [2.45, 2.75) is 39.3 Å². The van der Waals surface area contributed by atoms with Crippen molar-refractivity contribution in [1.29, 1.82) is 0 Å². The molecule has 0 bridgehead atoms. The Hall–Kier alpha value is -0.820. The summed E-state index contributed by atoms with van der Waals surface area (Å²) >= 11 is 2.30. The van der Waals surface area contributed by atoms with Gasteiger partial charge in [0.25, 0.3) is 0 Å². The standard InChI is InChI=1S/C15H23IN4/c1-11(2)19(3)8-4-5-9-20-14-7-6-12(16)10-13(14)18-15(20)17/h6-7,10-11H,4-5,8-9H2,1-3H3,(H2,17,18). The summed E-state index contributed by atoms with van der Waals surface area (Å²) < 4.78 is 3.32. The highest BCUT2D eigenvalue weighted by Crippen LogP contribution is 2.20. The number of anilines is 1. The molecule has 2 rings (SSSR count). The first kappa shape index (κ1) is 15.6. The van der Waals surface area contributed by atoms with E-state index < -0.39 is 0 Å². The van der Waals surface area contributed by atoms with Gasteiger partial charge in [-0.05, 0) is 81.1 Å². The van der Waals surface area contributed by atoms with Gasteiger partial charge in [-0.1, -0.05) is 0 Å². The molecule has 0 spiro atoms. The third-order valence-electron chi connectivity index (χ3n) is 3.76. The fourth-order valence-electron chi connectivity index (χ4n) is 2.25. The average molecular weight is 386 g/mol. The van der Waals surface area contributed by atoms with Crippen LogP contribution in [0.3, 0.4) is 0 Å². The number of halogens is 1. The number of nitrogens with zero attached hydrogens (tertiary/aromatic N) is 3. The van der Waals surface area contributed by atoms with Gasteiger partial charge in [0.05, 0.1) is 11.0 Å². The molecule has 0 atom stereocenters. The Morgan fingerprint density at radius 3 is 2.80 bits per heavy atom. The quantitative estimate of drug-likeness (QED) is 0.612. The molecule has 5 heteroatoms. The summed E-state index contributed by atoms with van der Waals surface area (Å²) in [6.07, 6.45) is 2.30. The fraction of sp³-hybridized carbons (Fsp3) is 0.533. The Labute approximate surface area is 134 Å². The van der Waals surface area contributed by atoms with Crippen LogP contribution in [-0.4, -0.2) is 34.1 Å². The van der Waals surface area contributed by atoms with Crippen LogP contribution in [-0.2, 0) is 6.54 Å². The molecule has 0 amide bonds. The number of unbranched alkanes of at least 4 members (excludes halogenated alkanes) is 1. The van der Waals surface area contributed by atoms with E-state index in [1.165, 1.54) is 9.99 Å². The number of hydrogen-bond acceptors (Lipinski definition) is 3. The van der Waals surface area contributed by atoms with Crippen molar-refractivity contribution >= 4 is 39.6 Å². The zero-order valence-electron chi connectivity index (χ0n) is 12.4. The lowest BCUT2D eigenvalue weighted by Gasteiger charge is -2.20. The molecule has 0 saturated carbocycles. The summed E-state index contributed by atoms with van der Waals surface area (Å²) in [4.78, 5) is 6.81. The number of imidazole rings is 1. The van der Waals surface area contributed by atoms with Crippen LogP contribution in [0.15, 0.2) is 18.2 Å². The van der Waals surface area contributed by atoms with Gasteiger partial charge in [-0.25, -0.2) is 4.98 Å². The number of hydrogen-bond donors (Lipinski definition) is 1. The van der Waals surface area contributed by atoms with Gasteiger partial charge in [-0.15, -0.1) is 0 Å². The Bertz CT molecular complexity index is 577. The van der Waals surface area contributed by atoms with E-state index in [4.69, 9.17) is 5.73 Å². The van der Waals surface area contributed by atoms with Gasteiger partial charge in [0.15, 0.2) is 0 Å². The van der Waals surface area contributed by atoms with Crippen LogP contribution in [0.5, 0.6) is 0 Å². The molecule has 0 unspecified atom stereocenters. The summed E-state index contributed by atoms with van der Waals surface area (Å²) in [7, 11) is 2.17. The largest absolute Gasteiger partial charge is 0.369 e. The maximum Gasteiger partial charge on any atom is 0.201 e. The molecule has 0 aliphatic heterocycles. The summed E-state index contributed by atoms with van der Waals surface area (Å²) in [6, 6.07) is 6.90. The second-order valence-corrected chi connectivity index (χ2v) is 6.78. The fourth-order valence-corrected chi connectivity index (χ4v) is 2.72. The average Bonchev–Trinajstić information content (AvgIpc) is 2.69. The lowest BCUT2D eigenvalue weighted by Crippen LogP contribution is -2.27. The van der Waals surface area contributed by atoms with Crippen molar-refractivity contribution in [2.24, 2.45) is 0 Å². The van der Waals surface area contributed by atoms with Crippen LogP contribution in [0, 0.1) is 3.57 Å². The van der Waals surface area contributed by atoms with Gasteiger partial charge in [0, 0.05) is 16.2 Å². The van der Waals surface area contributed by atoms with Crippen molar-refractivity contribution in [1.82, 2.24) is 14.5 Å². The van der Waals surface area contributed by atoms with E-state index in [0.29, 0.717) is 12.0 Å². The predicted octanol–water partition coefficient (Wildman–Crippen LogP) is 3.34. The normalized spacial score (nSPS) is 11.9. The van der Waals surface area contributed by atoms with Crippen LogP contribution < -0.4 is 5.73 Å². The highest BCUT2D eigenvalue weighted by molar-refractivity contribution is 14.1. The first-order valence-corrected chi connectivity index (χ1v) is 8.18. The molecule has 1 aromatic carbocycles. The smallest absolute Gasteiger partial charge is 0.201 e. The van der Waals surface area contributed by atoms with E-state index in [1.807, 2.05) is 0 Å². The van der Waals surface area contributed by atoms with Gasteiger partial charge in [-0.2, -0.15) is 0 Å². The number of aromatic nitrogens is 2. The third-order valence-corrected chi connectivity index (χ3v) is 4.43. The monoisotopic (exact) mass is 386 g/mol. The highest BCUT2D eigenvalue weighted by atomic mass is 127. The van der Waals surface area contributed by atoms with E-state index in [-0.39, 0.29) is 0 Å². The van der Waals surface area contributed by atoms with E-state index in [1.54, 1.807) is 0 Å². The van der Waals surface area contributed by atoms with Gasteiger partial charge in [0.1, 0.15) is 0 Å². The molecule has 4 nitrogen and oxygen atoms in total. The van der Waals surface area contributed by atoms with E-state index in [0.717, 1.165) is 30.5 Å². The molecule has 0 fully saturated rings. The molecule has 2 N–H and O–H groups in total. The van der Waals surface area contributed by atoms with E-state index >= 15 is 0 Å². The lowest BCUT2D eigenvalue weighted by atomic mass is 10.2. The van der Waals surface area contributed by atoms with Gasteiger partial charge >= 0.3 is 0 Å². The Balaban J connectivity index is 1.98. The number of nitrogens with two attached hydrogens (primary N) is 1. The second kappa shape index (κ2) is 6.76. The predicted molar refractivity (Wildman–Crippen MR) is 93.9 cm³/mol. The minimum atomic E-state index is 0.608. The Morgan fingerprint density at radius 2 is 2.10 bits per heavy atom. The van der Waals surface area contributed by atoms with Crippen molar-refractivity contribution in [2.75, 3.05) is 19.3 Å². The number of rotatable bonds is 6. The molecule has 20 heavy (non-hydrogen) atoms. The summed E-state index contributed by atoms with van der Waals surface area (Å²) in [5.41, 5.74) is 8.17. The van der Waals surface area contributed by atoms with Gasteiger partial charge in [0.2, 0.25) is 5.95 Å². The van der Waals surface area contributed by atoms with Gasteiger partial charge in [-0.3, -0.25) is 0 Å².